The number of carbonyl (C=O) groups excluding carboxylic acids is 1. The van der Waals surface area contributed by atoms with Crippen molar-refractivity contribution in [3.05, 3.63) is 23.8 Å². The normalized spacial score (nSPS) is 19.2. The number of aromatic nitrogens is 4. The van der Waals surface area contributed by atoms with Gasteiger partial charge in [-0.2, -0.15) is 5.10 Å². The number of aryl methyl sites for hydroxylation is 2. The van der Waals surface area contributed by atoms with Crippen LogP contribution in [0.15, 0.2) is 17.6 Å². The zero-order valence-electron chi connectivity index (χ0n) is 14.4. The van der Waals surface area contributed by atoms with Gasteiger partial charge in [0.2, 0.25) is 5.91 Å². The van der Waals surface area contributed by atoms with E-state index in [0.717, 1.165) is 10.9 Å². The van der Waals surface area contributed by atoms with E-state index in [2.05, 4.69) is 15.4 Å². The number of hydrogen-bond acceptors (Lipinski definition) is 6. The maximum Gasteiger partial charge on any atom is 0.234 e. The van der Waals surface area contributed by atoms with E-state index in [0.29, 0.717) is 17.8 Å². The van der Waals surface area contributed by atoms with Gasteiger partial charge in [-0.05, 0) is 20.3 Å². The van der Waals surface area contributed by atoms with Gasteiger partial charge in [-0.3, -0.25) is 9.48 Å². The average molecular weight is 383 g/mol. The molecule has 1 N–H and O–H groups in total. The third-order valence-electron chi connectivity index (χ3n) is 4.25. The molecule has 1 unspecified atom stereocenters. The Kier molecular flexibility index (Phi) is 4.92. The Bertz CT molecular complexity index is 900. The van der Waals surface area contributed by atoms with Crippen molar-refractivity contribution in [2.24, 2.45) is 7.05 Å². The molecule has 136 valence electrons. The monoisotopic (exact) mass is 383 g/mol. The molecule has 1 saturated heterocycles. The minimum absolute atomic E-state index is 0.108. The number of sulfone groups is 1. The second-order valence-electron chi connectivity index (χ2n) is 6.20. The number of anilines is 1. The van der Waals surface area contributed by atoms with Crippen LogP contribution in [0.3, 0.4) is 0 Å². The molecule has 25 heavy (non-hydrogen) atoms. The van der Waals surface area contributed by atoms with Crippen molar-refractivity contribution in [1.82, 2.24) is 19.3 Å². The van der Waals surface area contributed by atoms with Crippen LogP contribution in [0.2, 0.25) is 0 Å². The first-order valence-electron chi connectivity index (χ1n) is 7.93. The van der Waals surface area contributed by atoms with Crippen LogP contribution in [0.25, 0.3) is 0 Å². The van der Waals surface area contributed by atoms with Crippen LogP contribution >= 0.6 is 11.8 Å². The maximum atomic E-state index is 12.3. The molecule has 0 bridgehead atoms. The number of imidazole rings is 1. The van der Waals surface area contributed by atoms with Crippen LogP contribution < -0.4 is 5.32 Å². The number of hydrogen-bond donors (Lipinski definition) is 1. The van der Waals surface area contributed by atoms with Crippen molar-refractivity contribution in [3.63, 3.8) is 0 Å². The molecule has 0 spiro atoms. The predicted octanol–water partition coefficient (Wildman–Crippen LogP) is 1.32. The van der Waals surface area contributed by atoms with Gasteiger partial charge in [0.25, 0.3) is 0 Å². The Morgan fingerprint density at radius 2 is 2.20 bits per heavy atom. The number of thioether (sulfide) groups is 1. The summed E-state index contributed by atoms with van der Waals surface area (Å²) in [6, 6.07) is -0.156. The first kappa shape index (κ1) is 18.0. The summed E-state index contributed by atoms with van der Waals surface area (Å²) in [5, 5.41) is 8.12. The Labute approximate surface area is 150 Å². The summed E-state index contributed by atoms with van der Waals surface area (Å²) in [6.45, 7) is 3.67. The largest absolute Gasteiger partial charge is 0.329 e. The highest BCUT2D eigenvalue weighted by Gasteiger charge is 2.31. The van der Waals surface area contributed by atoms with Crippen LogP contribution in [0.5, 0.6) is 0 Å². The fraction of sp³-hybridized carbons (Fsp3) is 0.533. The second kappa shape index (κ2) is 6.83. The Morgan fingerprint density at radius 1 is 1.44 bits per heavy atom. The number of amides is 1. The van der Waals surface area contributed by atoms with Gasteiger partial charge in [0.1, 0.15) is 0 Å². The molecule has 3 rings (SSSR count). The van der Waals surface area contributed by atoms with E-state index >= 15 is 0 Å². The van der Waals surface area contributed by atoms with E-state index in [1.807, 2.05) is 31.7 Å². The highest BCUT2D eigenvalue weighted by Crippen LogP contribution is 2.29. The van der Waals surface area contributed by atoms with Crippen LogP contribution in [0.4, 0.5) is 5.69 Å². The topological polar surface area (TPSA) is 98.9 Å². The molecule has 0 aromatic carbocycles. The number of carbonyl (C=O) groups is 1. The van der Waals surface area contributed by atoms with Crippen LogP contribution in [-0.4, -0.2) is 50.9 Å². The molecule has 2 aromatic heterocycles. The zero-order valence-corrected chi connectivity index (χ0v) is 16.0. The summed E-state index contributed by atoms with van der Waals surface area (Å²) in [7, 11) is -1.11. The van der Waals surface area contributed by atoms with E-state index < -0.39 is 9.84 Å². The van der Waals surface area contributed by atoms with Crippen molar-refractivity contribution in [2.45, 2.75) is 31.5 Å². The molecule has 0 radical (unpaired) electrons. The molecular weight excluding hydrogens is 362 g/mol. The average Bonchev–Trinajstić information content (AvgIpc) is 3.19. The number of rotatable bonds is 5. The SMILES string of the molecule is Cc1nn(C2CCS(=O)(=O)C2)c(C)c1NC(=O)CSc1nccn1C. The van der Waals surface area contributed by atoms with E-state index in [1.54, 1.807) is 10.9 Å². The summed E-state index contributed by atoms with van der Waals surface area (Å²) in [4.78, 5) is 16.4. The standard InChI is InChI=1S/C15H21N5O3S2/c1-10-14(17-13(21)8-24-15-16-5-6-19(15)3)11(2)20(18-10)12-4-7-25(22,23)9-12/h5-6,12H,4,7-9H2,1-3H3,(H,17,21). The van der Waals surface area contributed by atoms with Gasteiger partial charge in [-0.15, -0.1) is 0 Å². The molecule has 2 aromatic rings. The second-order valence-corrected chi connectivity index (χ2v) is 9.38. The molecule has 10 heteroatoms. The Balaban J connectivity index is 1.68. The van der Waals surface area contributed by atoms with E-state index in [4.69, 9.17) is 0 Å². The minimum atomic E-state index is -2.99. The third kappa shape index (κ3) is 3.90. The van der Waals surface area contributed by atoms with Crippen molar-refractivity contribution in [3.8, 4) is 0 Å². The zero-order chi connectivity index (χ0) is 18.2. The fourth-order valence-electron chi connectivity index (χ4n) is 2.96. The van der Waals surface area contributed by atoms with E-state index in [9.17, 15) is 13.2 Å². The number of nitrogens with zero attached hydrogens (tertiary/aromatic N) is 4. The Hall–Kier alpha value is -1.81. The van der Waals surface area contributed by atoms with Gasteiger partial charge in [0.15, 0.2) is 15.0 Å². The van der Waals surface area contributed by atoms with Crippen LogP contribution in [0, 0.1) is 13.8 Å². The highest BCUT2D eigenvalue weighted by molar-refractivity contribution is 7.99. The molecule has 0 aliphatic carbocycles. The smallest absolute Gasteiger partial charge is 0.234 e. The Morgan fingerprint density at radius 3 is 2.80 bits per heavy atom. The molecular formula is C15H21N5O3S2. The van der Waals surface area contributed by atoms with Crippen molar-refractivity contribution >= 4 is 33.2 Å². The molecule has 1 fully saturated rings. The van der Waals surface area contributed by atoms with Crippen molar-refractivity contribution in [1.29, 1.82) is 0 Å². The lowest BCUT2D eigenvalue weighted by atomic mass is 10.2. The van der Waals surface area contributed by atoms with Gasteiger partial charge in [-0.1, -0.05) is 11.8 Å². The van der Waals surface area contributed by atoms with Crippen LogP contribution in [0.1, 0.15) is 23.9 Å². The summed E-state index contributed by atoms with van der Waals surface area (Å²) in [6.07, 6.45) is 4.08. The lowest BCUT2D eigenvalue weighted by molar-refractivity contribution is -0.113. The maximum absolute atomic E-state index is 12.3. The molecule has 3 heterocycles. The van der Waals surface area contributed by atoms with Gasteiger partial charge in [0, 0.05) is 19.4 Å². The molecule has 1 aliphatic rings. The molecule has 0 saturated carbocycles. The molecule has 1 atom stereocenters. The molecule has 8 nitrogen and oxygen atoms in total. The lowest BCUT2D eigenvalue weighted by Gasteiger charge is -2.11. The minimum Gasteiger partial charge on any atom is -0.329 e. The van der Waals surface area contributed by atoms with Gasteiger partial charge >= 0.3 is 0 Å². The van der Waals surface area contributed by atoms with E-state index in [1.165, 1.54) is 11.8 Å². The highest BCUT2D eigenvalue weighted by atomic mass is 32.2. The summed E-state index contributed by atoms with van der Waals surface area (Å²) in [5.41, 5.74) is 2.14. The lowest BCUT2D eigenvalue weighted by Crippen LogP contribution is -2.17. The van der Waals surface area contributed by atoms with Crippen LogP contribution in [-0.2, 0) is 21.7 Å². The van der Waals surface area contributed by atoms with Gasteiger partial charge in [-0.25, -0.2) is 13.4 Å². The van der Waals surface area contributed by atoms with Crippen molar-refractivity contribution < 1.29 is 13.2 Å². The van der Waals surface area contributed by atoms with Crippen molar-refractivity contribution in [2.75, 3.05) is 22.6 Å². The first-order chi connectivity index (χ1) is 11.8. The molecule has 1 aliphatic heterocycles. The predicted molar refractivity (Wildman–Crippen MR) is 96.6 cm³/mol. The summed E-state index contributed by atoms with van der Waals surface area (Å²) >= 11 is 1.36. The van der Waals surface area contributed by atoms with Gasteiger partial charge in [0.05, 0.1) is 40.4 Å². The third-order valence-corrected chi connectivity index (χ3v) is 7.06. The molecule has 1 amide bonds. The summed E-state index contributed by atoms with van der Waals surface area (Å²) < 4.78 is 27.0. The fourth-order valence-corrected chi connectivity index (χ4v) is 5.39. The van der Waals surface area contributed by atoms with Gasteiger partial charge < -0.3 is 9.88 Å². The number of nitrogens with one attached hydrogen (secondary N) is 1. The quantitative estimate of drug-likeness (QED) is 0.782. The first-order valence-corrected chi connectivity index (χ1v) is 10.7. The van der Waals surface area contributed by atoms with E-state index in [-0.39, 0.29) is 29.2 Å². The summed E-state index contributed by atoms with van der Waals surface area (Å²) in [5.74, 6) is 0.403.